The standard InChI is InChI=1S/C11H22N2O2/c1-3-15-8-11(14)12-7-10-6-4-5-9(2)13-10/h9-10,13H,3-8H2,1-2H3,(H,12,14). The molecule has 0 spiro atoms. The van der Waals surface area contributed by atoms with Crippen molar-refractivity contribution in [1.82, 2.24) is 10.6 Å². The summed E-state index contributed by atoms with van der Waals surface area (Å²) in [5, 5.41) is 6.35. The van der Waals surface area contributed by atoms with Gasteiger partial charge in [0.1, 0.15) is 6.61 Å². The number of ether oxygens (including phenoxy) is 1. The summed E-state index contributed by atoms with van der Waals surface area (Å²) in [4.78, 5) is 11.3. The molecular formula is C11H22N2O2. The highest BCUT2D eigenvalue weighted by atomic mass is 16.5. The van der Waals surface area contributed by atoms with Crippen molar-refractivity contribution in [3.63, 3.8) is 0 Å². The highest BCUT2D eigenvalue weighted by Gasteiger charge is 2.17. The van der Waals surface area contributed by atoms with Crippen LogP contribution >= 0.6 is 0 Å². The summed E-state index contributed by atoms with van der Waals surface area (Å²) in [6.45, 7) is 5.56. The van der Waals surface area contributed by atoms with Gasteiger partial charge in [0.15, 0.2) is 0 Å². The summed E-state index contributed by atoms with van der Waals surface area (Å²) in [6.07, 6.45) is 3.64. The topological polar surface area (TPSA) is 50.4 Å². The van der Waals surface area contributed by atoms with Crippen LogP contribution in [0.4, 0.5) is 0 Å². The third-order valence-electron chi connectivity index (χ3n) is 2.69. The van der Waals surface area contributed by atoms with E-state index in [1.54, 1.807) is 0 Å². The second-order valence-corrected chi connectivity index (χ2v) is 4.14. The van der Waals surface area contributed by atoms with Crippen LogP contribution in [0.15, 0.2) is 0 Å². The molecule has 1 saturated heterocycles. The molecule has 0 radical (unpaired) electrons. The maximum absolute atomic E-state index is 11.3. The molecule has 0 bridgehead atoms. The Morgan fingerprint density at radius 1 is 1.53 bits per heavy atom. The lowest BCUT2D eigenvalue weighted by atomic mass is 10.00. The molecule has 1 aliphatic heterocycles. The lowest BCUT2D eigenvalue weighted by molar-refractivity contribution is -0.125. The van der Waals surface area contributed by atoms with Crippen molar-refractivity contribution < 1.29 is 9.53 Å². The van der Waals surface area contributed by atoms with E-state index in [9.17, 15) is 4.79 Å². The van der Waals surface area contributed by atoms with Gasteiger partial charge in [0.05, 0.1) is 0 Å². The van der Waals surface area contributed by atoms with Gasteiger partial charge in [0.2, 0.25) is 5.91 Å². The number of carbonyl (C=O) groups excluding carboxylic acids is 1. The Labute approximate surface area is 91.8 Å². The Hall–Kier alpha value is -0.610. The molecule has 4 nitrogen and oxygen atoms in total. The maximum atomic E-state index is 11.3. The molecule has 0 aromatic rings. The molecule has 1 amide bonds. The Kier molecular flexibility index (Phi) is 5.65. The zero-order valence-corrected chi connectivity index (χ0v) is 9.71. The van der Waals surface area contributed by atoms with Gasteiger partial charge in [0, 0.05) is 25.2 Å². The number of hydrogen-bond donors (Lipinski definition) is 2. The van der Waals surface area contributed by atoms with Crippen molar-refractivity contribution >= 4 is 5.91 Å². The van der Waals surface area contributed by atoms with E-state index in [4.69, 9.17) is 4.74 Å². The second kappa shape index (κ2) is 6.80. The molecule has 1 heterocycles. The minimum atomic E-state index is -0.0168. The highest BCUT2D eigenvalue weighted by molar-refractivity contribution is 5.77. The van der Waals surface area contributed by atoms with E-state index >= 15 is 0 Å². The summed E-state index contributed by atoms with van der Waals surface area (Å²) in [7, 11) is 0. The average Bonchev–Trinajstić information content (AvgIpc) is 2.23. The summed E-state index contributed by atoms with van der Waals surface area (Å²) in [5.41, 5.74) is 0. The van der Waals surface area contributed by atoms with Crippen LogP contribution < -0.4 is 10.6 Å². The molecule has 0 saturated carbocycles. The maximum Gasteiger partial charge on any atom is 0.246 e. The van der Waals surface area contributed by atoms with E-state index < -0.39 is 0 Å². The van der Waals surface area contributed by atoms with Gasteiger partial charge in [0.25, 0.3) is 0 Å². The summed E-state index contributed by atoms with van der Waals surface area (Å²) < 4.78 is 5.02. The van der Waals surface area contributed by atoms with Gasteiger partial charge in [-0.2, -0.15) is 0 Å². The van der Waals surface area contributed by atoms with Crippen LogP contribution in [0.2, 0.25) is 0 Å². The van der Waals surface area contributed by atoms with Gasteiger partial charge in [-0.3, -0.25) is 4.79 Å². The molecule has 0 aliphatic carbocycles. The van der Waals surface area contributed by atoms with E-state index in [0.717, 1.165) is 13.0 Å². The van der Waals surface area contributed by atoms with Crippen molar-refractivity contribution in [3.05, 3.63) is 0 Å². The van der Waals surface area contributed by atoms with Crippen molar-refractivity contribution in [2.24, 2.45) is 0 Å². The van der Waals surface area contributed by atoms with Crippen LogP contribution in [0.25, 0.3) is 0 Å². The number of carbonyl (C=O) groups is 1. The Morgan fingerprint density at radius 2 is 2.33 bits per heavy atom. The molecule has 2 atom stereocenters. The molecule has 0 aromatic heterocycles. The normalized spacial score (nSPS) is 26.3. The first-order valence-electron chi connectivity index (χ1n) is 5.83. The Balaban J connectivity index is 2.10. The van der Waals surface area contributed by atoms with Crippen molar-refractivity contribution in [2.75, 3.05) is 19.8 Å². The highest BCUT2D eigenvalue weighted by Crippen LogP contribution is 2.11. The number of piperidine rings is 1. The molecule has 4 heteroatoms. The third kappa shape index (κ3) is 5.14. The van der Waals surface area contributed by atoms with Gasteiger partial charge in [-0.25, -0.2) is 0 Å². The van der Waals surface area contributed by atoms with E-state index in [-0.39, 0.29) is 12.5 Å². The first-order valence-corrected chi connectivity index (χ1v) is 5.83. The fourth-order valence-corrected chi connectivity index (χ4v) is 1.88. The quantitative estimate of drug-likeness (QED) is 0.707. The Morgan fingerprint density at radius 3 is 3.00 bits per heavy atom. The largest absolute Gasteiger partial charge is 0.372 e. The average molecular weight is 214 g/mol. The minimum absolute atomic E-state index is 0.0168. The third-order valence-corrected chi connectivity index (χ3v) is 2.69. The smallest absolute Gasteiger partial charge is 0.246 e. The van der Waals surface area contributed by atoms with Crippen LogP contribution in [0, 0.1) is 0 Å². The van der Waals surface area contributed by atoms with Crippen LogP contribution in [0.1, 0.15) is 33.1 Å². The van der Waals surface area contributed by atoms with E-state index in [2.05, 4.69) is 17.6 Å². The van der Waals surface area contributed by atoms with E-state index in [0.29, 0.717) is 18.7 Å². The summed E-state index contributed by atoms with van der Waals surface area (Å²) >= 11 is 0. The molecule has 1 aliphatic rings. The van der Waals surface area contributed by atoms with E-state index in [1.807, 2.05) is 6.92 Å². The van der Waals surface area contributed by atoms with Crippen LogP contribution in [0.5, 0.6) is 0 Å². The zero-order chi connectivity index (χ0) is 11.1. The van der Waals surface area contributed by atoms with Crippen molar-refractivity contribution in [1.29, 1.82) is 0 Å². The number of amides is 1. The van der Waals surface area contributed by atoms with Gasteiger partial charge < -0.3 is 15.4 Å². The molecule has 1 rings (SSSR count). The minimum Gasteiger partial charge on any atom is -0.372 e. The van der Waals surface area contributed by atoms with Gasteiger partial charge in [-0.15, -0.1) is 0 Å². The van der Waals surface area contributed by atoms with Crippen LogP contribution in [-0.2, 0) is 9.53 Å². The lowest BCUT2D eigenvalue weighted by Gasteiger charge is -2.28. The summed E-state index contributed by atoms with van der Waals surface area (Å²) in [6, 6.07) is 1.01. The van der Waals surface area contributed by atoms with Crippen LogP contribution in [0.3, 0.4) is 0 Å². The van der Waals surface area contributed by atoms with Crippen LogP contribution in [-0.4, -0.2) is 37.7 Å². The van der Waals surface area contributed by atoms with Crippen molar-refractivity contribution in [3.8, 4) is 0 Å². The number of nitrogens with one attached hydrogen (secondary N) is 2. The first-order chi connectivity index (χ1) is 7.22. The first kappa shape index (κ1) is 12.5. The van der Waals surface area contributed by atoms with Gasteiger partial charge in [-0.1, -0.05) is 6.42 Å². The lowest BCUT2D eigenvalue weighted by Crippen LogP contribution is -2.47. The molecule has 15 heavy (non-hydrogen) atoms. The second-order valence-electron chi connectivity index (χ2n) is 4.14. The molecular weight excluding hydrogens is 192 g/mol. The summed E-state index contributed by atoms with van der Waals surface area (Å²) in [5.74, 6) is -0.0168. The zero-order valence-electron chi connectivity index (χ0n) is 9.71. The van der Waals surface area contributed by atoms with Gasteiger partial charge >= 0.3 is 0 Å². The monoisotopic (exact) mass is 214 g/mol. The van der Waals surface area contributed by atoms with Gasteiger partial charge in [-0.05, 0) is 26.7 Å². The predicted molar refractivity (Wildman–Crippen MR) is 59.7 cm³/mol. The molecule has 2 unspecified atom stereocenters. The molecule has 88 valence electrons. The molecule has 2 N–H and O–H groups in total. The number of rotatable bonds is 5. The Bertz CT molecular complexity index is 197. The SMILES string of the molecule is CCOCC(=O)NCC1CCCC(C)N1. The number of hydrogen-bond acceptors (Lipinski definition) is 3. The predicted octanol–water partition coefficient (Wildman–Crippen LogP) is 0.670. The molecule has 0 aromatic carbocycles. The fourth-order valence-electron chi connectivity index (χ4n) is 1.88. The van der Waals surface area contributed by atoms with Crippen molar-refractivity contribution in [2.45, 2.75) is 45.2 Å². The molecule has 1 fully saturated rings. The van der Waals surface area contributed by atoms with E-state index in [1.165, 1.54) is 12.8 Å². The fraction of sp³-hybridized carbons (Fsp3) is 0.909.